The topological polar surface area (TPSA) is 69.7 Å². The number of carbonyl (C=O) groups is 3. The second-order valence-corrected chi connectivity index (χ2v) is 6.93. The number of urea groups is 1. The van der Waals surface area contributed by atoms with E-state index in [1.54, 1.807) is 25.1 Å². The van der Waals surface area contributed by atoms with Crippen LogP contribution in [0.3, 0.4) is 0 Å². The molecule has 1 saturated heterocycles. The standard InChI is InChI=1S/C21H21F2N3O3/c1-3-21(15-8-10-16(22)11-9-15)19(28)26(20(29)24-21)13-18(27)25(2)12-14-6-4-5-7-17(14)23/h4-11H,3,12-13H2,1-2H3,(H,24,29)/t21-/m1/s1. The van der Waals surface area contributed by atoms with Crippen molar-refractivity contribution in [3.05, 3.63) is 71.3 Å². The van der Waals surface area contributed by atoms with Crippen LogP contribution in [-0.2, 0) is 21.7 Å². The molecule has 0 bridgehead atoms. The van der Waals surface area contributed by atoms with Gasteiger partial charge in [0.25, 0.3) is 5.91 Å². The zero-order valence-electron chi connectivity index (χ0n) is 16.1. The number of rotatable bonds is 6. The molecule has 0 radical (unpaired) electrons. The average Bonchev–Trinajstić information content (AvgIpc) is 2.95. The van der Waals surface area contributed by atoms with Crippen LogP contribution < -0.4 is 5.32 Å². The van der Waals surface area contributed by atoms with E-state index in [1.807, 2.05) is 0 Å². The van der Waals surface area contributed by atoms with Crippen LogP contribution in [0.25, 0.3) is 0 Å². The number of likely N-dealkylation sites (N-methyl/N-ethyl adjacent to an activating group) is 1. The first-order valence-electron chi connectivity index (χ1n) is 9.16. The highest BCUT2D eigenvalue weighted by atomic mass is 19.1. The van der Waals surface area contributed by atoms with Crippen LogP contribution in [0.4, 0.5) is 13.6 Å². The molecule has 3 rings (SSSR count). The fourth-order valence-corrected chi connectivity index (χ4v) is 3.37. The van der Waals surface area contributed by atoms with Crippen LogP contribution in [0, 0.1) is 11.6 Å². The Morgan fingerprint density at radius 3 is 2.38 bits per heavy atom. The maximum atomic E-state index is 13.8. The molecule has 0 aliphatic carbocycles. The van der Waals surface area contributed by atoms with Crippen molar-refractivity contribution in [2.75, 3.05) is 13.6 Å². The summed E-state index contributed by atoms with van der Waals surface area (Å²) in [6.45, 7) is 1.25. The lowest BCUT2D eigenvalue weighted by Crippen LogP contribution is -2.45. The molecular weight excluding hydrogens is 380 g/mol. The Kier molecular flexibility index (Phi) is 5.63. The van der Waals surface area contributed by atoms with E-state index in [4.69, 9.17) is 0 Å². The van der Waals surface area contributed by atoms with Gasteiger partial charge in [-0.05, 0) is 30.2 Å². The van der Waals surface area contributed by atoms with Gasteiger partial charge in [-0.2, -0.15) is 0 Å². The molecule has 1 atom stereocenters. The second kappa shape index (κ2) is 7.98. The molecule has 152 valence electrons. The number of carbonyl (C=O) groups excluding carboxylic acids is 3. The normalized spacial score (nSPS) is 18.7. The SMILES string of the molecule is CC[C@]1(c2ccc(F)cc2)NC(=O)N(CC(=O)N(C)Cc2ccccc2F)C1=O. The summed E-state index contributed by atoms with van der Waals surface area (Å²) in [7, 11) is 1.47. The summed E-state index contributed by atoms with van der Waals surface area (Å²) < 4.78 is 27.1. The summed E-state index contributed by atoms with van der Waals surface area (Å²) >= 11 is 0. The summed E-state index contributed by atoms with van der Waals surface area (Å²) in [5, 5.41) is 2.64. The smallest absolute Gasteiger partial charge is 0.325 e. The third-order valence-corrected chi connectivity index (χ3v) is 5.13. The number of nitrogens with one attached hydrogen (secondary N) is 1. The zero-order valence-corrected chi connectivity index (χ0v) is 16.1. The third kappa shape index (κ3) is 3.83. The van der Waals surface area contributed by atoms with Crippen molar-refractivity contribution >= 4 is 17.8 Å². The van der Waals surface area contributed by atoms with Gasteiger partial charge in [0.15, 0.2) is 0 Å². The molecule has 0 saturated carbocycles. The minimum Gasteiger partial charge on any atom is -0.340 e. The number of amides is 4. The first-order chi connectivity index (χ1) is 13.8. The molecular formula is C21H21F2N3O3. The first kappa shape index (κ1) is 20.4. The molecule has 1 N–H and O–H groups in total. The van der Waals surface area contributed by atoms with Crippen LogP contribution in [0.15, 0.2) is 48.5 Å². The largest absolute Gasteiger partial charge is 0.340 e. The molecule has 0 spiro atoms. The number of halogens is 2. The molecule has 4 amide bonds. The van der Waals surface area contributed by atoms with E-state index in [1.165, 1.54) is 42.3 Å². The van der Waals surface area contributed by atoms with Crippen molar-refractivity contribution in [2.24, 2.45) is 0 Å². The van der Waals surface area contributed by atoms with Gasteiger partial charge in [0, 0.05) is 19.2 Å². The van der Waals surface area contributed by atoms with E-state index in [0.29, 0.717) is 11.1 Å². The quantitative estimate of drug-likeness (QED) is 0.757. The lowest BCUT2D eigenvalue weighted by molar-refractivity contribution is -0.138. The van der Waals surface area contributed by atoms with Gasteiger partial charge in [-0.1, -0.05) is 37.3 Å². The Labute approximate surface area is 167 Å². The fraction of sp³-hybridized carbons (Fsp3) is 0.286. The maximum absolute atomic E-state index is 13.8. The molecule has 0 unspecified atom stereocenters. The fourth-order valence-electron chi connectivity index (χ4n) is 3.37. The molecule has 2 aromatic carbocycles. The van der Waals surface area contributed by atoms with E-state index in [2.05, 4.69) is 5.32 Å². The van der Waals surface area contributed by atoms with Crippen LogP contribution in [0.2, 0.25) is 0 Å². The molecule has 1 heterocycles. The number of nitrogens with zero attached hydrogens (tertiary/aromatic N) is 2. The molecule has 6 nitrogen and oxygen atoms in total. The van der Waals surface area contributed by atoms with Crippen molar-refractivity contribution in [2.45, 2.75) is 25.4 Å². The Bertz CT molecular complexity index is 948. The van der Waals surface area contributed by atoms with Gasteiger partial charge < -0.3 is 10.2 Å². The van der Waals surface area contributed by atoms with Crippen molar-refractivity contribution in [3.8, 4) is 0 Å². The molecule has 0 aromatic heterocycles. The van der Waals surface area contributed by atoms with Crippen molar-refractivity contribution in [1.82, 2.24) is 15.1 Å². The molecule has 29 heavy (non-hydrogen) atoms. The van der Waals surface area contributed by atoms with Crippen LogP contribution in [0.1, 0.15) is 24.5 Å². The first-order valence-corrected chi connectivity index (χ1v) is 9.16. The molecule has 2 aromatic rings. The van der Waals surface area contributed by atoms with Crippen molar-refractivity contribution in [3.63, 3.8) is 0 Å². The van der Waals surface area contributed by atoms with Gasteiger partial charge in [0.05, 0.1) is 0 Å². The van der Waals surface area contributed by atoms with Gasteiger partial charge in [-0.15, -0.1) is 0 Å². The van der Waals surface area contributed by atoms with E-state index < -0.39 is 41.6 Å². The summed E-state index contributed by atoms with van der Waals surface area (Å²) in [6.07, 6.45) is 0.235. The molecule has 1 aliphatic rings. The van der Waals surface area contributed by atoms with E-state index in [-0.39, 0.29) is 13.0 Å². The predicted molar refractivity (Wildman–Crippen MR) is 101 cm³/mol. The maximum Gasteiger partial charge on any atom is 0.325 e. The van der Waals surface area contributed by atoms with Crippen molar-refractivity contribution in [1.29, 1.82) is 0 Å². The Hall–Kier alpha value is -3.29. The minimum atomic E-state index is -1.35. The highest BCUT2D eigenvalue weighted by Gasteiger charge is 2.51. The highest BCUT2D eigenvalue weighted by Crippen LogP contribution is 2.32. The Morgan fingerprint density at radius 2 is 1.76 bits per heavy atom. The van der Waals surface area contributed by atoms with E-state index >= 15 is 0 Å². The second-order valence-electron chi connectivity index (χ2n) is 6.93. The molecule has 8 heteroatoms. The number of imide groups is 1. The Balaban J connectivity index is 1.76. The van der Waals surface area contributed by atoms with Crippen LogP contribution in [-0.4, -0.2) is 41.2 Å². The predicted octanol–water partition coefficient (Wildman–Crippen LogP) is 2.78. The van der Waals surface area contributed by atoms with Gasteiger partial charge in [-0.25, -0.2) is 13.6 Å². The monoisotopic (exact) mass is 401 g/mol. The minimum absolute atomic E-state index is 0.00599. The van der Waals surface area contributed by atoms with Gasteiger partial charge in [0.2, 0.25) is 5.91 Å². The zero-order chi connectivity index (χ0) is 21.2. The van der Waals surface area contributed by atoms with Crippen molar-refractivity contribution < 1.29 is 23.2 Å². The van der Waals surface area contributed by atoms with E-state index in [9.17, 15) is 23.2 Å². The highest BCUT2D eigenvalue weighted by molar-refractivity contribution is 6.09. The van der Waals surface area contributed by atoms with Gasteiger partial charge in [0.1, 0.15) is 23.7 Å². The van der Waals surface area contributed by atoms with E-state index in [0.717, 1.165) is 4.90 Å². The summed E-state index contributed by atoms with van der Waals surface area (Å²) in [6, 6.07) is 10.7. The van der Waals surface area contributed by atoms with Crippen LogP contribution in [0.5, 0.6) is 0 Å². The van der Waals surface area contributed by atoms with Gasteiger partial charge in [-0.3, -0.25) is 14.5 Å². The lowest BCUT2D eigenvalue weighted by Gasteiger charge is -2.26. The lowest BCUT2D eigenvalue weighted by atomic mass is 9.87. The van der Waals surface area contributed by atoms with Gasteiger partial charge >= 0.3 is 6.03 Å². The summed E-state index contributed by atoms with van der Waals surface area (Å²) in [4.78, 5) is 40.2. The average molecular weight is 401 g/mol. The molecule has 1 aliphatic heterocycles. The third-order valence-electron chi connectivity index (χ3n) is 5.13. The number of hydrogen-bond donors (Lipinski definition) is 1. The Morgan fingerprint density at radius 1 is 1.10 bits per heavy atom. The number of benzene rings is 2. The molecule has 1 fully saturated rings. The summed E-state index contributed by atoms with van der Waals surface area (Å²) in [5.74, 6) is -1.99. The number of hydrogen-bond acceptors (Lipinski definition) is 3. The summed E-state index contributed by atoms with van der Waals surface area (Å²) in [5.41, 5.74) is -0.584. The van der Waals surface area contributed by atoms with Crippen LogP contribution >= 0.6 is 0 Å².